The highest BCUT2D eigenvalue weighted by Gasteiger charge is 2.70. The number of methoxy groups -OCH3 is 4. The number of hydrogen-bond acceptors (Lipinski definition) is 37. The zero-order chi connectivity index (χ0) is 78.6. The Labute approximate surface area is 630 Å². The number of aryl methyl sites for hydroxylation is 2. The van der Waals surface area contributed by atoms with Gasteiger partial charge in [0.1, 0.15) is 125 Å². The van der Waals surface area contributed by atoms with E-state index in [9.17, 15) is 60.6 Å². The second-order valence-electron chi connectivity index (χ2n) is 30.0. The molecule has 11 fully saturated rings. The van der Waals surface area contributed by atoms with Crippen LogP contribution in [0.15, 0.2) is 18.2 Å². The highest BCUT2D eigenvalue weighted by atomic mass is 35.5. The molecule has 0 aliphatic carbocycles. The van der Waals surface area contributed by atoms with Crippen molar-refractivity contribution in [3.05, 3.63) is 55.6 Å². The van der Waals surface area contributed by atoms with Crippen molar-refractivity contribution in [2.75, 3.05) is 55.1 Å². The minimum Gasteiger partial charge on any atom is -0.508 e. The van der Waals surface area contributed by atoms with Crippen molar-refractivity contribution in [3.63, 3.8) is 0 Å². The minimum atomic E-state index is -2.03. The molecule has 8 N–H and O–H groups in total. The van der Waals surface area contributed by atoms with Gasteiger partial charge in [0, 0.05) is 51.6 Å². The highest BCUT2D eigenvalue weighted by molar-refractivity contribution is 6.34. The number of nitrogens with zero attached hydrogens (tertiary/aromatic N) is 1. The molecular formula is C70H98ClNO37. The van der Waals surface area contributed by atoms with Gasteiger partial charge in [0.05, 0.1) is 82.5 Å². The van der Waals surface area contributed by atoms with E-state index in [0.29, 0.717) is 0 Å². The lowest BCUT2D eigenvalue weighted by molar-refractivity contribution is -0.595. The molecule has 0 aromatic heterocycles. The molecule has 35 atom stereocenters. The monoisotopic (exact) mass is 1580 g/mol. The van der Waals surface area contributed by atoms with Gasteiger partial charge >= 0.3 is 17.9 Å². The lowest BCUT2D eigenvalue weighted by Gasteiger charge is -2.50. The molecule has 11 aliphatic heterocycles. The van der Waals surface area contributed by atoms with Crippen LogP contribution in [0, 0.1) is 29.9 Å². The van der Waals surface area contributed by atoms with Crippen LogP contribution in [0.1, 0.15) is 106 Å². The van der Waals surface area contributed by atoms with E-state index in [0.717, 1.165) is 6.07 Å². The Bertz CT molecular complexity index is 3550. The maximum absolute atomic E-state index is 14.2. The van der Waals surface area contributed by atoms with Crippen LogP contribution in [-0.4, -0.2) is 320 Å². The Balaban J connectivity index is 0.636. The number of fused-ring (bicyclic) bond motifs is 4. The molecule has 0 radical (unpaired) electrons. The average Bonchev–Trinajstić information content (AvgIpc) is 1.57. The highest BCUT2D eigenvalue weighted by Crippen LogP contribution is 2.53. The van der Waals surface area contributed by atoms with Crippen molar-refractivity contribution in [3.8, 4) is 23.0 Å². The zero-order valence-electron chi connectivity index (χ0n) is 62.3. The minimum absolute atomic E-state index is 0.101. The number of benzene rings is 2. The van der Waals surface area contributed by atoms with E-state index in [-0.39, 0.29) is 84.0 Å². The van der Waals surface area contributed by atoms with E-state index in [4.69, 9.17) is 130 Å². The predicted octanol–water partition coefficient (Wildman–Crippen LogP) is 1.23. The maximum Gasteiger partial charge on any atom is 0.342 e. The number of phenolic OH excluding ortho intramolecular Hbond substituents is 3. The summed E-state index contributed by atoms with van der Waals surface area (Å²) in [5.74, 6) is -7.74. The molecule has 11 heterocycles. The first-order chi connectivity index (χ1) is 51.6. The van der Waals surface area contributed by atoms with Gasteiger partial charge in [0.2, 0.25) is 0 Å². The maximum atomic E-state index is 14.2. The molecule has 13 rings (SSSR count). The summed E-state index contributed by atoms with van der Waals surface area (Å²) in [6, 6.07) is 3.56. The summed E-state index contributed by atoms with van der Waals surface area (Å²) in [6.45, 7) is 14.8. The molecule has 2 spiro atoms. The number of aliphatic hydroxyl groups excluding tert-OH is 5. The van der Waals surface area contributed by atoms with Crippen LogP contribution >= 0.6 is 11.6 Å². The zero-order valence-corrected chi connectivity index (χ0v) is 63.1. The first-order valence-corrected chi connectivity index (χ1v) is 36.5. The molecule has 11 aliphatic rings. The number of phenols is 3. The molecule has 2 aromatic rings. The fourth-order valence-corrected chi connectivity index (χ4v) is 17.1. The van der Waals surface area contributed by atoms with Crippen LogP contribution in [0.3, 0.4) is 0 Å². The molecule has 38 nitrogen and oxygen atoms in total. The SMILES string of the molecule is COC[C@H]1O[C@@H](O[C@@H]2OC[C@@H]3OC4(OC[C@@H](OC(=O)c5c(C)cc(O)cc5O)[C@@H]5OCO[C@H]54)O[C@H]3[C@H]2O)[C@@H](OC)[C@@H](O)[C@@H]1O[C@@H]1O[C@H](C)[C@H](C)[C@H](O[C@@H]2O[C@H](C)[C@H]3O[C@]4(C[C@@H](O)[C@H](O[C@H]5C[C@@H](O[C@H]6C[C@](C)([N+](=O)[O-])[C@@H](OC)[C@H](C)O6)[C@H](OC(=O)c6c(C)cc(O)c(Cl)c6OC)[C@@H](C)O5)[C@@H](C)O4)O[C@]3(C)[C@@H]2O)[C@H]1O. The topological polar surface area (TPSA) is 470 Å². The molecule has 1 unspecified atom stereocenters. The third kappa shape index (κ3) is 15.3. The number of rotatable bonds is 20. The number of nitro groups is 1. The number of aliphatic hydroxyl groups is 5. The van der Waals surface area contributed by atoms with Gasteiger partial charge in [0.15, 0.2) is 67.9 Å². The first-order valence-electron chi connectivity index (χ1n) is 36.2. The number of esters is 2. The summed E-state index contributed by atoms with van der Waals surface area (Å²) < 4.78 is 154. The summed E-state index contributed by atoms with van der Waals surface area (Å²) in [5.41, 5.74) is -3.14. The van der Waals surface area contributed by atoms with Crippen LogP contribution in [0.5, 0.6) is 23.0 Å². The van der Waals surface area contributed by atoms with Crippen molar-refractivity contribution in [2.45, 2.75) is 296 Å². The van der Waals surface area contributed by atoms with Crippen molar-refractivity contribution in [1.82, 2.24) is 0 Å². The van der Waals surface area contributed by atoms with Crippen LogP contribution in [0.4, 0.5) is 0 Å². The second kappa shape index (κ2) is 32.1. The Morgan fingerprint density at radius 1 is 0.615 bits per heavy atom. The lowest BCUT2D eigenvalue weighted by Crippen LogP contribution is -2.67. The van der Waals surface area contributed by atoms with Gasteiger partial charge < -0.3 is 159 Å². The smallest absolute Gasteiger partial charge is 0.342 e. The van der Waals surface area contributed by atoms with E-state index >= 15 is 0 Å². The second-order valence-corrected chi connectivity index (χ2v) is 30.3. The van der Waals surface area contributed by atoms with Gasteiger partial charge in [-0.2, -0.15) is 0 Å². The van der Waals surface area contributed by atoms with E-state index in [1.807, 2.05) is 0 Å². The van der Waals surface area contributed by atoms with E-state index in [1.165, 1.54) is 54.4 Å². The number of carbonyl (C=O) groups is 2. The molecule has 612 valence electrons. The first kappa shape index (κ1) is 82.2. The molecule has 0 amide bonds. The summed E-state index contributed by atoms with van der Waals surface area (Å²) in [7, 11) is 5.25. The largest absolute Gasteiger partial charge is 0.508 e. The average molecular weight is 1580 g/mol. The van der Waals surface area contributed by atoms with Gasteiger partial charge in [-0.05, 0) is 78.6 Å². The van der Waals surface area contributed by atoms with Crippen LogP contribution in [-0.2, 0) is 114 Å². The fraction of sp³-hybridized carbons (Fsp3) is 0.800. The Kier molecular flexibility index (Phi) is 24.2. The van der Waals surface area contributed by atoms with Crippen molar-refractivity contribution < 1.29 is 174 Å². The Morgan fingerprint density at radius 2 is 1.32 bits per heavy atom. The number of carbonyl (C=O) groups excluding carboxylic acids is 2. The molecule has 0 bridgehead atoms. The molecule has 0 saturated carbocycles. The molecular weight excluding hydrogens is 1480 g/mol. The quantitative estimate of drug-likeness (QED) is 0.0525. The van der Waals surface area contributed by atoms with Gasteiger partial charge in [-0.25, -0.2) is 9.59 Å². The molecule has 2 aromatic carbocycles. The van der Waals surface area contributed by atoms with Gasteiger partial charge in [0.25, 0.3) is 11.5 Å². The standard InChI is InChI=1S/C70H98ClNO37/c1-25-15-33(73)17-34(74)43(25)61(81)98-39-23-92-70(60-54(39)90-24-91-60)106-40-22-89-63(48(79)53(40)107-70)104-65-56(87-13)46(77)52(38(99-65)21-85-11)103-64-47(78)49(27(3)28(4)95-64)102-66-57(80)68(10)59(32(8)96-66)108-69(109-68)19-36(76)50(30(6)105-69)100-41-18-37(97-42-20-67(9,72(83)84)58(88-14)31(7)94-42)51(29(5)93-41)101-62(82)44-26(2)16-35(75)45(71)55(44)86-12/h15-17,27-32,36-42,46-54,56-60,63-66,73-80H,18-24H2,1-14H3/t27-,28+,29+,30+,31-,32+,36+,37+,38+,39+,40-,41-,42-,46-,47+,48+,49-,50+,51+,52+,53+,54-,56-,57+,58-,59+,60+,63-,64-,65-,66-,67-,68+,69+,70?/m0/s1. The number of halogens is 1. The van der Waals surface area contributed by atoms with Gasteiger partial charge in [-0.1, -0.05) is 18.5 Å². The van der Waals surface area contributed by atoms with Crippen LogP contribution < -0.4 is 4.74 Å². The Morgan fingerprint density at radius 3 is 2.01 bits per heavy atom. The number of aromatic hydroxyl groups is 3. The number of hydrogen-bond donors (Lipinski definition) is 8. The predicted molar refractivity (Wildman–Crippen MR) is 356 cm³/mol. The fourth-order valence-electron chi connectivity index (χ4n) is 16.9. The van der Waals surface area contributed by atoms with E-state index in [2.05, 4.69) is 0 Å². The molecule has 39 heteroatoms. The van der Waals surface area contributed by atoms with Crippen molar-refractivity contribution >= 4 is 23.5 Å². The molecule has 11 saturated heterocycles. The molecule has 109 heavy (non-hydrogen) atoms. The summed E-state index contributed by atoms with van der Waals surface area (Å²) in [6.07, 6.45) is -38.2. The summed E-state index contributed by atoms with van der Waals surface area (Å²) >= 11 is 6.37. The Hall–Kier alpha value is -4.81. The summed E-state index contributed by atoms with van der Waals surface area (Å²) in [4.78, 5) is 39.7. The third-order valence-corrected chi connectivity index (χ3v) is 22.9. The number of ether oxygens (including phenoxy) is 25. The van der Waals surface area contributed by atoms with E-state index < -0.39 is 242 Å². The van der Waals surface area contributed by atoms with Crippen molar-refractivity contribution in [1.29, 1.82) is 0 Å². The van der Waals surface area contributed by atoms with Crippen molar-refractivity contribution in [2.24, 2.45) is 5.92 Å². The summed E-state index contributed by atoms with van der Waals surface area (Å²) in [5, 5.41) is 104. The van der Waals surface area contributed by atoms with Gasteiger partial charge in [-0.3, -0.25) is 10.1 Å². The third-order valence-electron chi connectivity index (χ3n) is 22.5. The van der Waals surface area contributed by atoms with Gasteiger partial charge in [-0.15, -0.1) is 0 Å². The van der Waals surface area contributed by atoms with Crippen LogP contribution in [0.2, 0.25) is 5.02 Å². The normalized spacial score (nSPS) is 46.3. The lowest BCUT2D eigenvalue weighted by atomic mass is 9.85. The van der Waals surface area contributed by atoms with Crippen LogP contribution in [0.25, 0.3) is 0 Å². The van der Waals surface area contributed by atoms with E-state index in [1.54, 1.807) is 55.4 Å².